The predicted molar refractivity (Wildman–Crippen MR) is 69.8 cm³/mol. The second-order valence-corrected chi connectivity index (χ2v) is 5.20. The fourth-order valence-electron chi connectivity index (χ4n) is 1.64. The second kappa shape index (κ2) is 6.26. The first-order valence-electron chi connectivity index (χ1n) is 5.94. The van der Waals surface area contributed by atoms with Crippen LogP contribution in [0, 0.1) is 5.92 Å². The highest BCUT2D eigenvalue weighted by molar-refractivity contribution is 9.10. The van der Waals surface area contributed by atoms with Crippen LogP contribution in [0.2, 0.25) is 0 Å². The quantitative estimate of drug-likeness (QED) is 0.776. The molecule has 1 N–H and O–H groups in total. The Morgan fingerprint density at radius 3 is 2.94 bits per heavy atom. The van der Waals surface area contributed by atoms with E-state index < -0.39 is 0 Å². The molecule has 0 saturated heterocycles. The molecule has 0 spiro atoms. The monoisotopic (exact) mass is 283 g/mol. The van der Waals surface area contributed by atoms with E-state index in [1.807, 2.05) is 24.3 Å². The van der Waals surface area contributed by atoms with Crippen molar-refractivity contribution in [1.82, 2.24) is 5.32 Å². The van der Waals surface area contributed by atoms with Gasteiger partial charge in [0.1, 0.15) is 12.4 Å². The number of hydrogen-bond donors (Lipinski definition) is 1. The minimum atomic E-state index is 0.737. The summed E-state index contributed by atoms with van der Waals surface area (Å²) in [5.74, 6) is 1.94. The number of hydrogen-bond acceptors (Lipinski definition) is 2. The normalized spacial score (nSPS) is 15.1. The molecule has 2 rings (SSSR count). The third kappa shape index (κ3) is 4.54. The summed E-state index contributed by atoms with van der Waals surface area (Å²) in [6.45, 7) is 2.80. The van der Waals surface area contributed by atoms with Gasteiger partial charge in [0.15, 0.2) is 0 Å². The van der Waals surface area contributed by atoms with Crippen molar-refractivity contribution in [2.75, 3.05) is 19.7 Å². The molecule has 0 atom stereocenters. The van der Waals surface area contributed by atoms with Gasteiger partial charge in [-0.15, -0.1) is 0 Å². The van der Waals surface area contributed by atoms with E-state index in [2.05, 4.69) is 21.2 Å². The standard InChI is InChI=1S/C13H18BrNO/c14-12-2-1-3-13(10-12)16-9-8-15-7-6-11-4-5-11/h1-3,10-11,15H,4-9H2. The molecule has 1 fully saturated rings. The lowest BCUT2D eigenvalue weighted by molar-refractivity contribution is 0.313. The van der Waals surface area contributed by atoms with Gasteiger partial charge in [-0.25, -0.2) is 0 Å². The van der Waals surface area contributed by atoms with Gasteiger partial charge < -0.3 is 10.1 Å². The molecule has 0 bridgehead atoms. The molecule has 88 valence electrons. The van der Waals surface area contributed by atoms with Crippen LogP contribution in [0.15, 0.2) is 28.7 Å². The maximum atomic E-state index is 5.62. The van der Waals surface area contributed by atoms with Crippen LogP contribution in [0.1, 0.15) is 19.3 Å². The molecule has 1 saturated carbocycles. The largest absolute Gasteiger partial charge is 0.492 e. The Morgan fingerprint density at radius 1 is 1.31 bits per heavy atom. The maximum absolute atomic E-state index is 5.62. The van der Waals surface area contributed by atoms with Crippen molar-refractivity contribution in [3.63, 3.8) is 0 Å². The zero-order valence-corrected chi connectivity index (χ0v) is 11.0. The highest BCUT2D eigenvalue weighted by atomic mass is 79.9. The molecule has 0 heterocycles. The molecular formula is C13H18BrNO. The highest BCUT2D eigenvalue weighted by Crippen LogP contribution is 2.31. The smallest absolute Gasteiger partial charge is 0.120 e. The van der Waals surface area contributed by atoms with E-state index in [0.29, 0.717) is 0 Å². The van der Waals surface area contributed by atoms with Crippen molar-refractivity contribution in [1.29, 1.82) is 0 Å². The maximum Gasteiger partial charge on any atom is 0.120 e. The van der Waals surface area contributed by atoms with E-state index in [-0.39, 0.29) is 0 Å². The summed E-state index contributed by atoms with van der Waals surface area (Å²) in [5.41, 5.74) is 0. The Balaban J connectivity index is 1.53. The third-order valence-electron chi connectivity index (χ3n) is 2.77. The van der Waals surface area contributed by atoms with Gasteiger partial charge in [0.2, 0.25) is 0 Å². The Morgan fingerprint density at radius 2 is 2.19 bits per heavy atom. The van der Waals surface area contributed by atoms with Gasteiger partial charge in [-0.3, -0.25) is 0 Å². The fourth-order valence-corrected chi connectivity index (χ4v) is 2.01. The SMILES string of the molecule is Brc1cccc(OCCNCCC2CC2)c1. The lowest BCUT2D eigenvalue weighted by Crippen LogP contribution is -2.22. The predicted octanol–water partition coefficient (Wildman–Crippen LogP) is 3.22. The first-order chi connectivity index (χ1) is 7.84. The van der Waals surface area contributed by atoms with Crippen molar-refractivity contribution >= 4 is 15.9 Å². The third-order valence-corrected chi connectivity index (χ3v) is 3.26. The van der Waals surface area contributed by atoms with E-state index in [1.54, 1.807) is 0 Å². The van der Waals surface area contributed by atoms with Gasteiger partial charge in [0.05, 0.1) is 0 Å². The van der Waals surface area contributed by atoms with Crippen LogP contribution in [0.3, 0.4) is 0 Å². The number of nitrogens with one attached hydrogen (secondary N) is 1. The molecule has 0 amide bonds. The molecule has 1 aromatic rings. The lowest BCUT2D eigenvalue weighted by Gasteiger charge is -2.07. The molecule has 16 heavy (non-hydrogen) atoms. The number of halogens is 1. The van der Waals surface area contributed by atoms with Crippen LogP contribution in [0.5, 0.6) is 5.75 Å². The van der Waals surface area contributed by atoms with Crippen molar-refractivity contribution in [3.8, 4) is 5.75 Å². The average Bonchev–Trinajstić information content (AvgIpc) is 3.07. The summed E-state index contributed by atoms with van der Waals surface area (Å²) in [6, 6.07) is 7.96. The van der Waals surface area contributed by atoms with Crippen LogP contribution >= 0.6 is 15.9 Å². The van der Waals surface area contributed by atoms with Gasteiger partial charge in [-0.1, -0.05) is 34.8 Å². The summed E-state index contributed by atoms with van der Waals surface area (Å²) >= 11 is 3.42. The highest BCUT2D eigenvalue weighted by Gasteiger charge is 2.19. The van der Waals surface area contributed by atoms with E-state index in [9.17, 15) is 0 Å². The Bertz CT molecular complexity index is 325. The summed E-state index contributed by atoms with van der Waals surface area (Å²) in [4.78, 5) is 0. The topological polar surface area (TPSA) is 21.3 Å². The molecule has 0 radical (unpaired) electrons. The van der Waals surface area contributed by atoms with E-state index in [4.69, 9.17) is 4.74 Å². The van der Waals surface area contributed by atoms with Gasteiger partial charge in [-0.05, 0) is 37.1 Å². The van der Waals surface area contributed by atoms with E-state index in [1.165, 1.54) is 19.3 Å². The minimum absolute atomic E-state index is 0.737. The summed E-state index contributed by atoms with van der Waals surface area (Å²) in [7, 11) is 0. The van der Waals surface area contributed by atoms with Crippen LogP contribution in [0.25, 0.3) is 0 Å². The van der Waals surface area contributed by atoms with Crippen LogP contribution in [-0.4, -0.2) is 19.7 Å². The zero-order valence-electron chi connectivity index (χ0n) is 9.42. The van der Waals surface area contributed by atoms with Crippen LogP contribution in [-0.2, 0) is 0 Å². The molecule has 1 aliphatic carbocycles. The Kier molecular flexibility index (Phi) is 4.67. The molecule has 1 aliphatic rings. The van der Waals surface area contributed by atoms with Crippen molar-refractivity contribution in [2.24, 2.45) is 5.92 Å². The van der Waals surface area contributed by atoms with Crippen molar-refractivity contribution < 1.29 is 4.74 Å². The number of ether oxygens (including phenoxy) is 1. The fraction of sp³-hybridized carbons (Fsp3) is 0.538. The second-order valence-electron chi connectivity index (χ2n) is 4.29. The molecule has 0 unspecified atom stereocenters. The van der Waals surface area contributed by atoms with Crippen LogP contribution < -0.4 is 10.1 Å². The molecule has 1 aromatic carbocycles. The average molecular weight is 284 g/mol. The summed E-state index contributed by atoms with van der Waals surface area (Å²) in [6.07, 6.45) is 4.21. The molecule has 2 nitrogen and oxygen atoms in total. The zero-order chi connectivity index (χ0) is 11.2. The minimum Gasteiger partial charge on any atom is -0.492 e. The molecule has 0 aromatic heterocycles. The van der Waals surface area contributed by atoms with Gasteiger partial charge in [0.25, 0.3) is 0 Å². The molecular weight excluding hydrogens is 266 g/mol. The first-order valence-corrected chi connectivity index (χ1v) is 6.73. The Labute approximate surface area is 106 Å². The number of benzene rings is 1. The summed E-state index contributed by atoms with van der Waals surface area (Å²) < 4.78 is 6.68. The van der Waals surface area contributed by atoms with Gasteiger partial charge in [0, 0.05) is 11.0 Å². The van der Waals surface area contributed by atoms with Gasteiger partial charge in [-0.2, -0.15) is 0 Å². The summed E-state index contributed by atoms with van der Waals surface area (Å²) in [5, 5.41) is 3.40. The first kappa shape index (κ1) is 11.9. The van der Waals surface area contributed by atoms with Gasteiger partial charge >= 0.3 is 0 Å². The number of rotatable bonds is 7. The lowest BCUT2D eigenvalue weighted by atomic mass is 10.3. The van der Waals surface area contributed by atoms with Crippen molar-refractivity contribution in [3.05, 3.63) is 28.7 Å². The van der Waals surface area contributed by atoms with Crippen molar-refractivity contribution in [2.45, 2.75) is 19.3 Å². The molecule has 0 aliphatic heterocycles. The Hall–Kier alpha value is -0.540. The van der Waals surface area contributed by atoms with Crippen LogP contribution in [0.4, 0.5) is 0 Å². The van der Waals surface area contributed by atoms with E-state index >= 15 is 0 Å². The van der Waals surface area contributed by atoms with E-state index in [0.717, 1.165) is 35.8 Å². The molecule has 3 heteroatoms.